The summed E-state index contributed by atoms with van der Waals surface area (Å²) in [6.45, 7) is 11.5. The molecule has 3 saturated carbocycles. The Morgan fingerprint density at radius 2 is 0.827 bits per heavy atom. The molecule has 0 radical (unpaired) electrons. The number of aromatic nitrogens is 3. The maximum atomic E-state index is 13.2. The summed E-state index contributed by atoms with van der Waals surface area (Å²) < 4.78 is 167. The summed E-state index contributed by atoms with van der Waals surface area (Å²) in [5.74, 6) is -14.1. The Kier molecular flexibility index (Phi) is 29.8. The molecule has 3 fully saturated rings. The third kappa shape index (κ3) is 24.0. The van der Waals surface area contributed by atoms with E-state index in [2.05, 4.69) is 29.2 Å². The summed E-state index contributed by atoms with van der Waals surface area (Å²) in [6, 6.07) is 18.6. The van der Waals surface area contributed by atoms with Crippen molar-refractivity contribution in [1.29, 1.82) is 0 Å². The number of aryl methyl sites for hydroxylation is 2. The van der Waals surface area contributed by atoms with Crippen molar-refractivity contribution in [3.8, 4) is 17.2 Å². The van der Waals surface area contributed by atoms with E-state index in [1.54, 1.807) is 20.0 Å². The first-order chi connectivity index (χ1) is 38.3. The van der Waals surface area contributed by atoms with Crippen molar-refractivity contribution in [2.75, 3.05) is 21.3 Å². The molecule has 6 aromatic rings. The predicted molar refractivity (Wildman–Crippen MR) is 291 cm³/mol. The molecule has 0 unspecified atom stereocenters. The van der Waals surface area contributed by atoms with E-state index in [0.717, 1.165) is 43.2 Å². The smallest absolute Gasteiger partial charge is 0.248 e. The van der Waals surface area contributed by atoms with Crippen molar-refractivity contribution in [1.82, 2.24) is 15.0 Å². The number of halogens is 12. The molecule has 3 heterocycles. The van der Waals surface area contributed by atoms with Gasteiger partial charge in [-0.2, -0.15) is 13.2 Å². The molecule has 9 rings (SSSR count). The fraction of sp³-hybridized carbons (Fsp3) is 0.450. The molecule has 0 amide bonds. The van der Waals surface area contributed by atoms with Crippen molar-refractivity contribution < 1.29 is 66.9 Å². The van der Waals surface area contributed by atoms with Gasteiger partial charge < -0.3 is 29.2 Å². The quantitative estimate of drug-likeness (QED) is 0.143. The molecular formula is C60H73F12N3O6. The van der Waals surface area contributed by atoms with Crippen LogP contribution in [0.15, 0.2) is 112 Å². The van der Waals surface area contributed by atoms with E-state index in [4.69, 9.17) is 0 Å². The molecule has 3 aliphatic carbocycles. The number of ether oxygens (including phenoxy) is 3. The van der Waals surface area contributed by atoms with Crippen LogP contribution in [0.3, 0.4) is 0 Å². The summed E-state index contributed by atoms with van der Waals surface area (Å²) in [4.78, 5) is 42.7. The lowest BCUT2D eigenvalue weighted by molar-refractivity contribution is -0.0418. The Morgan fingerprint density at radius 3 is 1.15 bits per heavy atom. The minimum atomic E-state index is -2.58. The van der Waals surface area contributed by atoms with Gasteiger partial charge in [-0.15, -0.1) is 0 Å². The van der Waals surface area contributed by atoms with Crippen LogP contribution in [0.25, 0.3) is 0 Å². The van der Waals surface area contributed by atoms with Crippen molar-refractivity contribution >= 4 is 0 Å². The maximum absolute atomic E-state index is 13.2. The second kappa shape index (κ2) is 34.4. The number of pyridine rings is 3. The Bertz CT molecular complexity index is 2880. The molecule has 0 bridgehead atoms. The lowest BCUT2D eigenvalue weighted by Crippen LogP contribution is -2.26. The molecule has 0 saturated heterocycles. The zero-order valence-electron chi connectivity index (χ0n) is 46.9. The van der Waals surface area contributed by atoms with Crippen LogP contribution in [-0.4, -0.2) is 54.0 Å². The number of hydrogen-bond acceptors (Lipinski definition) is 6. The molecule has 21 heteroatoms. The lowest BCUT2D eigenvalue weighted by Gasteiger charge is -2.28. The van der Waals surface area contributed by atoms with Gasteiger partial charge in [0, 0.05) is 127 Å². The van der Waals surface area contributed by atoms with E-state index in [0.29, 0.717) is 41.9 Å². The first kappa shape index (κ1) is 70.2. The second-order valence-corrected chi connectivity index (χ2v) is 18.6. The van der Waals surface area contributed by atoms with Gasteiger partial charge in [-0.25, -0.2) is 39.5 Å². The van der Waals surface area contributed by atoms with Gasteiger partial charge in [0.15, 0.2) is 51.0 Å². The molecule has 3 N–H and O–H groups in total. The van der Waals surface area contributed by atoms with Crippen molar-refractivity contribution in [2.45, 2.75) is 154 Å². The van der Waals surface area contributed by atoms with Crippen molar-refractivity contribution in [3.05, 3.63) is 191 Å². The van der Waals surface area contributed by atoms with Crippen LogP contribution in [0, 0.1) is 48.8 Å². The number of aromatic amines is 3. The van der Waals surface area contributed by atoms with Gasteiger partial charge in [0.25, 0.3) is 0 Å². The van der Waals surface area contributed by atoms with Gasteiger partial charge in [0.05, 0.1) is 21.3 Å². The summed E-state index contributed by atoms with van der Waals surface area (Å²) in [7, 11) is 3.87. The molecule has 448 valence electrons. The van der Waals surface area contributed by atoms with Gasteiger partial charge >= 0.3 is 0 Å². The lowest BCUT2D eigenvalue weighted by atomic mass is 9.84. The summed E-state index contributed by atoms with van der Waals surface area (Å²) in [5.41, 5.74) is 2.98. The van der Waals surface area contributed by atoms with Gasteiger partial charge in [-0.3, -0.25) is 14.4 Å². The zero-order chi connectivity index (χ0) is 61.1. The molecule has 81 heavy (non-hydrogen) atoms. The van der Waals surface area contributed by atoms with E-state index in [1.807, 2.05) is 27.7 Å². The van der Waals surface area contributed by atoms with Crippen LogP contribution >= 0.6 is 0 Å². The number of nitrogens with one attached hydrogen (secondary N) is 3. The number of alkyl halides is 6. The van der Waals surface area contributed by atoms with E-state index < -0.39 is 52.7 Å². The topological polar surface area (TPSA) is 126 Å². The highest BCUT2D eigenvalue weighted by molar-refractivity contribution is 5.26. The number of hydrogen-bond donors (Lipinski definition) is 3. The normalized spacial score (nSPS) is 17.9. The van der Waals surface area contributed by atoms with Crippen LogP contribution < -0.4 is 30.5 Å². The highest BCUT2D eigenvalue weighted by atomic mass is 19.3. The molecule has 3 aromatic carbocycles. The highest BCUT2D eigenvalue weighted by Gasteiger charge is 2.39. The zero-order valence-corrected chi connectivity index (χ0v) is 46.9. The number of H-pyrrole nitrogens is 3. The van der Waals surface area contributed by atoms with Crippen molar-refractivity contribution in [3.63, 3.8) is 0 Å². The number of rotatable bonds is 6. The molecule has 3 aromatic heterocycles. The molecule has 9 nitrogen and oxygen atoms in total. The van der Waals surface area contributed by atoms with Gasteiger partial charge in [-0.05, 0) is 88.8 Å². The van der Waals surface area contributed by atoms with E-state index in [1.165, 1.54) is 94.3 Å². The Morgan fingerprint density at radius 1 is 0.469 bits per heavy atom. The molecule has 3 aliphatic rings. The standard InChI is InChI=1S/2C12H15F2NO.C11H13F2NO.3C7H6F2O.2C2H6/c1-8-7-15-10(5-11(8)16)9-3-2-4-12(13,14)6-9;1-8-5-10(16)6-11(15-8)9-3-2-4-12(13,14)7-9;12-11(13)4-1-2-8(7-11)10-6-9(15)3-5-14-10;3*1-10-6-4-2-3-5(8)7(6)9;2*1-2/h5,7,9H,2-4,6H2,1H3,(H,15,16);5-6,9H,2-4,7H2,1H3,(H,15,16);3,5-6,8H,1-2,4,7H2,(H,14,15);3*2-4H,1H3;2*1-2H3/t2*9-;8-;;;;;/m000...../s1. The maximum Gasteiger partial charge on any atom is 0.248 e. The highest BCUT2D eigenvalue weighted by Crippen LogP contribution is 2.43. The van der Waals surface area contributed by atoms with Crippen LogP contribution in [0.2, 0.25) is 0 Å². The second-order valence-electron chi connectivity index (χ2n) is 18.6. The average molecular weight is 1160 g/mol. The Labute approximate surface area is 464 Å². The first-order valence-corrected chi connectivity index (χ1v) is 26.4. The van der Waals surface area contributed by atoms with Crippen molar-refractivity contribution in [2.24, 2.45) is 0 Å². The summed E-state index contributed by atoms with van der Waals surface area (Å²) in [6.07, 6.45) is 6.36. The number of methoxy groups -OCH3 is 3. The minimum Gasteiger partial charge on any atom is -0.494 e. The summed E-state index contributed by atoms with van der Waals surface area (Å²) in [5, 5.41) is 0. The third-order valence-electron chi connectivity index (χ3n) is 12.6. The molecule has 0 spiro atoms. The number of benzene rings is 3. The molecule has 3 atom stereocenters. The van der Waals surface area contributed by atoms with Crippen LogP contribution in [-0.2, 0) is 0 Å². The first-order valence-electron chi connectivity index (χ1n) is 26.4. The fourth-order valence-electron chi connectivity index (χ4n) is 8.66. The minimum absolute atomic E-state index is 0.0272. The SMILES string of the molecule is CC.CC.COc1cccc(F)c1F.COc1cccc(F)c1F.COc1cccc(F)c1F.Cc1c[nH]c([C@H]2CCCC(F)(F)C2)cc1=O.Cc1cc(=O)cc([C@H]2CCCC(F)(F)C2)[nH]1.O=c1cc[nH]c([C@H]2CCCC(F)(F)C2)c1. The van der Waals surface area contributed by atoms with Gasteiger partial charge in [0.2, 0.25) is 35.2 Å². The largest absolute Gasteiger partial charge is 0.494 e. The van der Waals surface area contributed by atoms with Crippen LogP contribution in [0.1, 0.15) is 151 Å². The fourth-order valence-corrected chi connectivity index (χ4v) is 8.66. The van der Waals surface area contributed by atoms with Crippen LogP contribution in [0.4, 0.5) is 52.7 Å². The molecular weight excluding hydrogens is 1090 g/mol. The summed E-state index contributed by atoms with van der Waals surface area (Å²) >= 11 is 0. The van der Waals surface area contributed by atoms with Crippen LogP contribution in [0.5, 0.6) is 17.2 Å². The molecule has 0 aliphatic heterocycles. The Balaban J connectivity index is 0.000000332. The van der Waals surface area contributed by atoms with Gasteiger partial charge in [-0.1, -0.05) is 45.9 Å². The third-order valence-corrected chi connectivity index (χ3v) is 12.6. The predicted octanol–water partition coefficient (Wildman–Crippen LogP) is 16.6. The van der Waals surface area contributed by atoms with E-state index in [9.17, 15) is 67.1 Å². The Hall–Kier alpha value is -6.93. The monoisotopic (exact) mass is 1160 g/mol. The average Bonchev–Trinajstić information content (AvgIpc) is 3.43. The van der Waals surface area contributed by atoms with Gasteiger partial charge in [0.1, 0.15) is 0 Å². The van der Waals surface area contributed by atoms with E-state index >= 15 is 0 Å². The van der Waals surface area contributed by atoms with E-state index in [-0.39, 0.29) is 89.8 Å².